The van der Waals surface area contributed by atoms with Crippen molar-refractivity contribution in [2.24, 2.45) is 0 Å². The van der Waals surface area contributed by atoms with Crippen molar-refractivity contribution >= 4 is 12.6 Å². The molecule has 17 heavy (non-hydrogen) atoms. The number of aldehydes is 2. The lowest BCUT2D eigenvalue weighted by molar-refractivity contribution is 0.107. The Morgan fingerprint density at radius 2 is 1.41 bits per heavy atom. The minimum Gasteiger partial charge on any atom is -0.508 e. The molecule has 0 spiro atoms. The molecule has 0 amide bonds. The first-order valence-electron chi connectivity index (χ1n) is 4.63. The Labute approximate surface area is 96.9 Å². The molecule has 0 saturated carbocycles. The Bertz CT molecular complexity index is 440. The van der Waals surface area contributed by atoms with Crippen molar-refractivity contribution in [2.45, 2.75) is 0 Å². The zero-order valence-electron chi connectivity index (χ0n) is 8.74. The van der Waals surface area contributed by atoms with Crippen molar-refractivity contribution in [3.05, 3.63) is 47.9 Å². The molecule has 0 aliphatic heterocycles. The number of furan rings is 1. The van der Waals surface area contributed by atoms with Crippen LogP contribution in [-0.4, -0.2) is 22.8 Å². The highest BCUT2D eigenvalue weighted by Crippen LogP contribution is 2.13. The van der Waals surface area contributed by atoms with Gasteiger partial charge in [0.1, 0.15) is 11.5 Å². The molecule has 0 fully saturated rings. The van der Waals surface area contributed by atoms with Gasteiger partial charge in [0, 0.05) is 0 Å². The van der Waals surface area contributed by atoms with E-state index in [1.54, 1.807) is 0 Å². The molecular weight excluding hydrogens is 224 g/mol. The van der Waals surface area contributed by atoms with E-state index < -0.39 is 0 Å². The van der Waals surface area contributed by atoms with Crippen LogP contribution >= 0.6 is 0 Å². The Morgan fingerprint density at radius 3 is 1.76 bits per heavy atom. The average molecular weight is 234 g/mol. The van der Waals surface area contributed by atoms with Crippen molar-refractivity contribution < 1.29 is 24.2 Å². The minimum atomic E-state index is 0.0880. The van der Waals surface area contributed by atoms with Crippen LogP contribution in [0.1, 0.15) is 20.9 Å². The lowest BCUT2D eigenvalue weighted by atomic mass is 10.3. The van der Waals surface area contributed by atoms with Crippen molar-refractivity contribution in [1.82, 2.24) is 0 Å². The fourth-order valence-electron chi connectivity index (χ4n) is 0.977. The molecule has 0 radical (unpaired) electrons. The fourth-order valence-corrected chi connectivity index (χ4v) is 0.977. The summed E-state index contributed by atoms with van der Waals surface area (Å²) in [6.45, 7) is 0. The fraction of sp³-hybridized carbons (Fsp3) is 0. The molecular formula is C12H10O5. The third-order valence-corrected chi connectivity index (χ3v) is 1.81. The normalized spacial score (nSPS) is 8.94. The lowest BCUT2D eigenvalue weighted by Crippen LogP contribution is -1.81. The van der Waals surface area contributed by atoms with E-state index in [1.165, 1.54) is 36.6 Å². The second kappa shape index (κ2) is 6.12. The molecule has 1 aromatic heterocycles. The molecule has 88 valence electrons. The first kappa shape index (κ1) is 12.5. The number of carbonyl (C=O) groups excluding carboxylic acids is 2. The summed E-state index contributed by atoms with van der Waals surface area (Å²) in [6, 6.07) is 7.14. The van der Waals surface area contributed by atoms with Crippen LogP contribution in [0.15, 0.2) is 41.0 Å². The number of phenols is 2. The smallest absolute Gasteiger partial charge is 0.186 e. The van der Waals surface area contributed by atoms with Gasteiger partial charge in [-0.2, -0.15) is 0 Å². The second-order valence-corrected chi connectivity index (χ2v) is 2.99. The molecule has 5 heteroatoms. The van der Waals surface area contributed by atoms with Crippen LogP contribution in [0.3, 0.4) is 0 Å². The molecule has 0 atom stereocenters. The molecule has 0 aliphatic carbocycles. The van der Waals surface area contributed by atoms with E-state index in [2.05, 4.69) is 4.42 Å². The summed E-state index contributed by atoms with van der Waals surface area (Å²) >= 11 is 0. The average Bonchev–Trinajstić information content (AvgIpc) is 2.81. The number of carbonyl (C=O) groups is 2. The van der Waals surface area contributed by atoms with Gasteiger partial charge in [-0.05, 0) is 30.3 Å². The first-order valence-corrected chi connectivity index (χ1v) is 4.63. The topological polar surface area (TPSA) is 87.7 Å². The Balaban J connectivity index is 0.000000171. The van der Waals surface area contributed by atoms with Crippen LogP contribution in [0.2, 0.25) is 0 Å². The maximum absolute atomic E-state index is 10.0. The molecule has 2 rings (SSSR count). The number of hydrogen-bond acceptors (Lipinski definition) is 5. The summed E-state index contributed by atoms with van der Waals surface area (Å²) in [5.41, 5.74) is 0.296. The number of phenolic OH excluding ortho intramolecular Hbond substituents is 2. The number of rotatable bonds is 2. The van der Waals surface area contributed by atoms with E-state index in [-0.39, 0.29) is 17.3 Å². The largest absolute Gasteiger partial charge is 0.508 e. The molecule has 0 aliphatic rings. The van der Waals surface area contributed by atoms with Crippen LogP contribution < -0.4 is 0 Å². The van der Waals surface area contributed by atoms with E-state index in [9.17, 15) is 9.59 Å². The van der Waals surface area contributed by atoms with E-state index in [4.69, 9.17) is 10.2 Å². The summed E-state index contributed by atoms with van der Waals surface area (Å²) in [5, 5.41) is 17.3. The molecule has 2 aromatic rings. The van der Waals surface area contributed by atoms with Crippen molar-refractivity contribution in [3.8, 4) is 11.5 Å². The predicted molar refractivity (Wildman–Crippen MR) is 59.3 cm³/mol. The van der Waals surface area contributed by atoms with Gasteiger partial charge in [-0.3, -0.25) is 9.59 Å². The van der Waals surface area contributed by atoms with Crippen LogP contribution in [0.5, 0.6) is 11.5 Å². The molecule has 0 saturated heterocycles. The SMILES string of the molecule is O=Cc1ccoc1C=O.Oc1ccc(O)cc1. The number of aromatic hydroxyl groups is 2. The summed E-state index contributed by atoms with van der Waals surface area (Å²) in [5.74, 6) is 0.426. The quantitative estimate of drug-likeness (QED) is 0.613. The van der Waals surface area contributed by atoms with Gasteiger partial charge in [-0.15, -0.1) is 0 Å². The van der Waals surface area contributed by atoms with E-state index in [0.29, 0.717) is 18.1 Å². The van der Waals surface area contributed by atoms with E-state index in [0.717, 1.165) is 0 Å². The van der Waals surface area contributed by atoms with Gasteiger partial charge in [0.25, 0.3) is 0 Å². The van der Waals surface area contributed by atoms with Gasteiger partial charge in [0.15, 0.2) is 18.3 Å². The molecule has 5 nitrogen and oxygen atoms in total. The zero-order chi connectivity index (χ0) is 12.7. The number of benzene rings is 1. The standard InChI is InChI=1S/C6H4O3.C6H6O2/c7-3-5-1-2-9-6(5)4-8;7-5-1-2-6(8)4-3-5/h1-4H;1-4,7-8H. The van der Waals surface area contributed by atoms with Crippen LogP contribution in [0, 0.1) is 0 Å². The van der Waals surface area contributed by atoms with Crippen LogP contribution in [0.25, 0.3) is 0 Å². The van der Waals surface area contributed by atoms with Gasteiger partial charge >= 0.3 is 0 Å². The molecule has 0 unspecified atom stereocenters. The molecule has 2 N–H and O–H groups in total. The van der Waals surface area contributed by atoms with Gasteiger partial charge in [-0.1, -0.05) is 0 Å². The third-order valence-electron chi connectivity index (χ3n) is 1.81. The highest BCUT2D eigenvalue weighted by Gasteiger charge is 2.00. The van der Waals surface area contributed by atoms with Crippen molar-refractivity contribution in [3.63, 3.8) is 0 Å². The molecule has 0 bridgehead atoms. The third kappa shape index (κ3) is 3.83. The second-order valence-electron chi connectivity index (χ2n) is 2.99. The maximum Gasteiger partial charge on any atom is 0.186 e. The monoisotopic (exact) mass is 234 g/mol. The predicted octanol–water partition coefficient (Wildman–Crippen LogP) is 2.00. The Morgan fingerprint density at radius 1 is 0.882 bits per heavy atom. The van der Waals surface area contributed by atoms with Gasteiger partial charge in [0.05, 0.1) is 11.8 Å². The van der Waals surface area contributed by atoms with Gasteiger partial charge < -0.3 is 14.6 Å². The first-order chi connectivity index (χ1) is 8.17. The molecule has 1 heterocycles. The van der Waals surface area contributed by atoms with E-state index >= 15 is 0 Å². The summed E-state index contributed by atoms with van der Waals surface area (Å²) in [6.07, 6.45) is 2.38. The van der Waals surface area contributed by atoms with Crippen LogP contribution in [-0.2, 0) is 0 Å². The summed E-state index contributed by atoms with van der Waals surface area (Å²) < 4.78 is 4.61. The Hall–Kier alpha value is -2.56. The van der Waals surface area contributed by atoms with E-state index in [1.807, 2.05) is 0 Å². The summed E-state index contributed by atoms with van der Waals surface area (Å²) in [4.78, 5) is 20.0. The molecule has 1 aromatic carbocycles. The highest BCUT2D eigenvalue weighted by atomic mass is 16.3. The highest BCUT2D eigenvalue weighted by molar-refractivity contribution is 5.87. The maximum atomic E-state index is 10.0. The minimum absolute atomic E-state index is 0.0880. The summed E-state index contributed by atoms with van der Waals surface area (Å²) in [7, 11) is 0. The zero-order valence-corrected chi connectivity index (χ0v) is 8.74. The van der Waals surface area contributed by atoms with Crippen LogP contribution in [0.4, 0.5) is 0 Å². The number of hydrogen-bond donors (Lipinski definition) is 2. The Kier molecular flexibility index (Phi) is 4.50. The van der Waals surface area contributed by atoms with Crippen molar-refractivity contribution in [2.75, 3.05) is 0 Å². The van der Waals surface area contributed by atoms with Gasteiger partial charge in [0.2, 0.25) is 0 Å². The van der Waals surface area contributed by atoms with Gasteiger partial charge in [-0.25, -0.2) is 0 Å². The lowest BCUT2D eigenvalue weighted by Gasteiger charge is -1.88. The van der Waals surface area contributed by atoms with Crippen molar-refractivity contribution in [1.29, 1.82) is 0 Å².